The van der Waals surface area contributed by atoms with Crippen LogP contribution in [0.5, 0.6) is 11.5 Å². The Balaban J connectivity index is 1.15. The van der Waals surface area contributed by atoms with E-state index in [9.17, 15) is 26.4 Å². The highest BCUT2D eigenvalue weighted by Gasteiger charge is 2.49. The number of piperidine rings is 1. The number of amides is 1. The zero-order valence-electron chi connectivity index (χ0n) is 27.1. The van der Waals surface area contributed by atoms with Gasteiger partial charge in [-0.25, -0.2) is 13.1 Å². The van der Waals surface area contributed by atoms with Gasteiger partial charge in [0.25, 0.3) is 0 Å². The van der Waals surface area contributed by atoms with Crippen molar-refractivity contribution in [3.63, 3.8) is 0 Å². The third-order valence-corrected chi connectivity index (χ3v) is 11.9. The number of aromatic nitrogens is 3. The first-order valence-corrected chi connectivity index (χ1v) is 17.9. The number of para-hydroxylation sites is 2. The third kappa shape index (κ3) is 7.14. The average molecular weight is 705 g/mol. The fourth-order valence-electron chi connectivity index (χ4n) is 7.00. The molecule has 1 aliphatic carbocycles. The quantitative estimate of drug-likeness (QED) is 0.391. The smallest absolute Gasteiger partial charge is 0.416 e. The number of ether oxygens (including phenoxy) is 3. The van der Waals surface area contributed by atoms with Crippen LogP contribution < -0.4 is 14.8 Å². The Morgan fingerprint density at radius 2 is 1.88 bits per heavy atom. The Morgan fingerprint density at radius 3 is 2.61 bits per heavy atom. The second kappa shape index (κ2) is 13.2. The highest BCUT2D eigenvalue weighted by molar-refractivity contribution is 7.89. The molecule has 0 unspecified atom stereocenters. The molecule has 2 atom stereocenters. The number of sulfonamides is 1. The van der Waals surface area contributed by atoms with Gasteiger partial charge in [0.05, 0.1) is 38.2 Å². The molecule has 7 rings (SSSR count). The highest BCUT2D eigenvalue weighted by atomic mass is 32.2. The van der Waals surface area contributed by atoms with Gasteiger partial charge < -0.3 is 24.4 Å². The minimum atomic E-state index is -4.79. The number of fused-ring (bicyclic) bond motifs is 2. The Labute approximate surface area is 282 Å². The minimum absolute atomic E-state index is 0.00471. The van der Waals surface area contributed by atoms with Crippen molar-refractivity contribution in [1.29, 1.82) is 0 Å². The summed E-state index contributed by atoms with van der Waals surface area (Å²) in [7, 11) is -3.11. The Morgan fingerprint density at radius 1 is 1.10 bits per heavy atom. The van der Waals surface area contributed by atoms with Gasteiger partial charge in [0.15, 0.2) is 0 Å². The summed E-state index contributed by atoms with van der Waals surface area (Å²) in [6.07, 6.45) is 0.263. The molecular weight excluding hydrogens is 665 g/mol. The summed E-state index contributed by atoms with van der Waals surface area (Å²) in [6.45, 7) is 2.31. The van der Waals surface area contributed by atoms with E-state index in [0.717, 1.165) is 42.0 Å². The predicted molar refractivity (Wildman–Crippen MR) is 170 cm³/mol. The van der Waals surface area contributed by atoms with Gasteiger partial charge in [0.2, 0.25) is 15.9 Å². The monoisotopic (exact) mass is 704 g/mol. The van der Waals surface area contributed by atoms with E-state index in [1.165, 1.54) is 17.5 Å². The Bertz CT molecular complexity index is 1790. The second-order valence-corrected chi connectivity index (χ2v) is 15.2. The summed E-state index contributed by atoms with van der Waals surface area (Å²) in [4.78, 5) is 15.9. The molecule has 264 valence electrons. The fraction of sp³-hybridized carbons (Fsp3) is 0.545. The molecule has 2 aromatic carbocycles. The molecular formula is C33H39F3N6O6S. The molecule has 4 heterocycles. The average Bonchev–Trinajstić information content (AvgIpc) is 3.57. The van der Waals surface area contributed by atoms with E-state index in [1.807, 2.05) is 18.2 Å². The van der Waals surface area contributed by atoms with Crippen molar-refractivity contribution in [3.8, 4) is 17.2 Å². The van der Waals surface area contributed by atoms with Crippen LogP contribution in [0, 0.1) is 5.92 Å². The number of nitrogens with one attached hydrogen (secondary N) is 1. The molecule has 0 bridgehead atoms. The molecule has 1 spiro atoms. The van der Waals surface area contributed by atoms with Crippen molar-refractivity contribution in [1.82, 2.24) is 29.5 Å². The van der Waals surface area contributed by atoms with E-state index >= 15 is 0 Å². The maximum absolute atomic E-state index is 14.2. The minimum Gasteiger partial charge on any atom is -0.494 e. The van der Waals surface area contributed by atoms with Gasteiger partial charge in [-0.3, -0.25) is 4.79 Å². The predicted octanol–water partition coefficient (Wildman–Crippen LogP) is 3.79. The number of rotatable bonds is 7. The van der Waals surface area contributed by atoms with Crippen molar-refractivity contribution in [3.05, 3.63) is 59.9 Å². The number of benzene rings is 2. The van der Waals surface area contributed by atoms with Crippen molar-refractivity contribution in [2.45, 2.75) is 73.9 Å². The number of carbonyl (C=O) groups is 1. The van der Waals surface area contributed by atoms with Crippen molar-refractivity contribution in [2.75, 3.05) is 39.9 Å². The van der Waals surface area contributed by atoms with E-state index in [1.54, 1.807) is 19.4 Å². The van der Waals surface area contributed by atoms with Gasteiger partial charge in [-0.15, -0.1) is 5.10 Å². The molecule has 3 fully saturated rings. The summed E-state index contributed by atoms with van der Waals surface area (Å²) in [5.41, 5.74) is -0.669. The maximum Gasteiger partial charge on any atom is 0.416 e. The molecule has 3 aliphatic heterocycles. The second-order valence-electron chi connectivity index (χ2n) is 13.4. The van der Waals surface area contributed by atoms with Crippen LogP contribution in [0.3, 0.4) is 0 Å². The maximum atomic E-state index is 14.2. The number of alkyl halides is 3. The summed E-state index contributed by atoms with van der Waals surface area (Å²) in [5.74, 6) is 0.628. The lowest BCUT2D eigenvalue weighted by atomic mass is 9.84. The molecule has 49 heavy (non-hydrogen) atoms. The summed E-state index contributed by atoms with van der Waals surface area (Å²) >= 11 is 0. The number of carbonyl (C=O) groups excluding carboxylic acids is 1. The third-order valence-electron chi connectivity index (χ3n) is 9.97. The van der Waals surface area contributed by atoms with E-state index in [2.05, 4.69) is 20.5 Å². The van der Waals surface area contributed by atoms with E-state index < -0.39 is 50.3 Å². The molecule has 1 amide bonds. The number of likely N-dealkylation sites (tertiary alicyclic amines) is 1. The Kier molecular flexibility index (Phi) is 9.09. The van der Waals surface area contributed by atoms with Gasteiger partial charge in [-0.2, -0.15) is 17.5 Å². The van der Waals surface area contributed by atoms with Gasteiger partial charge in [-0.05, 0) is 61.9 Å². The first-order valence-electron chi connectivity index (χ1n) is 16.5. The molecule has 1 aromatic heterocycles. The molecule has 1 saturated carbocycles. The highest BCUT2D eigenvalue weighted by Crippen LogP contribution is 2.40. The zero-order valence-corrected chi connectivity index (χ0v) is 27.9. The molecule has 4 aliphatic rings. The molecule has 1 N–H and O–H groups in total. The Hall–Kier alpha value is -3.73. The fourth-order valence-corrected chi connectivity index (χ4v) is 8.79. The number of halogens is 3. The van der Waals surface area contributed by atoms with Crippen molar-refractivity contribution >= 4 is 15.9 Å². The standard InChI is InChI=1S/C33H39F3N6O6S/c1-46-28-5-3-2-4-26(28)41-19-24(38-39-41)21-48-25-17-27-31(43)37-32(10-13-40(14-11-32)18-22-6-7-22)12-15-47-29-9-8-23(33(34,35)36)16-30(29)49(44,45)42(27)20-25/h2-5,8-9,16,19,22,25,27H,6-7,10-15,17-18,20-21H2,1H3,(H,37,43)/t25-,27+/m1/s1. The van der Waals surface area contributed by atoms with Gasteiger partial charge in [-0.1, -0.05) is 17.3 Å². The summed E-state index contributed by atoms with van der Waals surface area (Å²) < 4.78 is 89.8. The van der Waals surface area contributed by atoms with Crippen LogP contribution in [-0.4, -0.2) is 96.1 Å². The number of hydrogen-bond donors (Lipinski definition) is 1. The van der Waals surface area contributed by atoms with Crippen LogP contribution in [-0.2, 0) is 32.3 Å². The van der Waals surface area contributed by atoms with Crippen LogP contribution >= 0.6 is 0 Å². The molecule has 16 heteroatoms. The van der Waals surface area contributed by atoms with Crippen molar-refractivity contribution in [2.24, 2.45) is 5.92 Å². The lowest BCUT2D eigenvalue weighted by Crippen LogP contribution is -2.59. The van der Waals surface area contributed by atoms with Crippen LogP contribution in [0.2, 0.25) is 0 Å². The molecule has 0 radical (unpaired) electrons. The van der Waals surface area contributed by atoms with Crippen molar-refractivity contribution < 1.29 is 40.6 Å². The van der Waals surface area contributed by atoms with E-state index in [-0.39, 0.29) is 31.9 Å². The van der Waals surface area contributed by atoms with E-state index in [0.29, 0.717) is 42.5 Å². The first-order chi connectivity index (χ1) is 23.4. The normalized spacial score (nSPS) is 24.4. The van der Waals surface area contributed by atoms with Gasteiger partial charge in [0.1, 0.15) is 33.8 Å². The molecule has 12 nitrogen and oxygen atoms in total. The zero-order chi connectivity index (χ0) is 34.4. The molecule has 3 aromatic rings. The number of hydrogen-bond acceptors (Lipinski definition) is 9. The van der Waals surface area contributed by atoms with Crippen LogP contribution in [0.4, 0.5) is 13.2 Å². The van der Waals surface area contributed by atoms with E-state index in [4.69, 9.17) is 14.2 Å². The largest absolute Gasteiger partial charge is 0.494 e. The number of nitrogens with zero attached hydrogens (tertiary/aromatic N) is 5. The van der Waals surface area contributed by atoms with Gasteiger partial charge >= 0.3 is 6.18 Å². The molecule has 2 saturated heterocycles. The lowest BCUT2D eigenvalue weighted by Gasteiger charge is -2.43. The summed E-state index contributed by atoms with van der Waals surface area (Å²) in [5, 5.41) is 11.5. The lowest BCUT2D eigenvalue weighted by molar-refractivity contribution is -0.137. The van der Waals surface area contributed by atoms with Crippen LogP contribution in [0.1, 0.15) is 49.8 Å². The number of methoxy groups -OCH3 is 1. The first kappa shape index (κ1) is 33.8. The van der Waals surface area contributed by atoms with Gasteiger partial charge in [0, 0.05) is 44.6 Å². The van der Waals surface area contributed by atoms with Crippen LogP contribution in [0.15, 0.2) is 53.6 Å². The summed E-state index contributed by atoms with van der Waals surface area (Å²) in [6, 6.07) is 8.50. The SMILES string of the molecule is COc1ccccc1-n1cc(CO[C@@H]2C[C@H]3C(=O)NC4(CCOc5ccc(C(F)(F)F)cc5S(=O)(=O)N3C2)CCN(CC2CC2)CC4)nn1. The topological polar surface area (TPSA) is 128 Å². The van der Waals surface area contributed by atoms with Crippen LogP contribution in [0.25, 0.3) is 5.69 Å².